The molecule has 0 fully saturated rings. The van der Waals surface area contributed by atoms with Crippen molar-refractivity contribution in [3.8, 4) is 22.9 Å². The Morgan fingerprint density at radius 3 is 2.42 bits per heavy atom. The number of rotatable bonds is 3. The van der Waals surface area contributed by atoms with E-state index >= 15 is 0 Å². The zero-order valence-electron chi connectivity index (χ0n) is 12.6. The third kappa shape index (κ3) is 2.41. The van der Waals surface area contributed by atoms with Crippen molar-refractivity contribution in [2.45, 2.75) is 6.92 Å². The van der Waals surface area contributed by atoms with Crippen LogP contribution < -0.4 is 0 Å². The first-order valence-corrected chi connectivity index (χ1v) is 7.24. The highest BCUT2D eigenvalue weighted by atomic mass is 16.4. The molecule has 24 heavy (non-hydrogen) atoms. The van der Waals surface area contributed by atoms with Crippen molar-refractivity contribution in [2.24, 2.45) is 0 Å². The number of hydrogen-bond donors (Lipinski definition) is 2. The zero-order valence-corrected chi connectivity index (χ0v) is 12.6. The summed E-state index contributed by atoms with van der Waals surface area (Å²) in [4.78, 5) is 18.4. The second-order valence-electron chi connectivity index (χ2n) is 5.35. The standard InChI is InChI=1S/C17H12N4O3/c1-9-18-13-7-6-12(8-14(13)19-9)16-21-20-15(24-16)10-2-4-11(5-3-10)17(22)23/h2-8H,1H3,(H,18,19)(H,22,23). The van der Waals surface area contributed by atoms with E-state index in [1.807, 2.05) is 25.1 Å². The maximum Gasteiger partial charge on any atom is 0.335 e. The number of aromatic nitrogens is 4. The summed E-state index contributed by atoms with van der Waals surface area (Å²) in [6.07, 6.45) is 0. The summed E-state index contributed by atoms with van der Waals surface area (Å²) < 4.78 is 5.71. The summed E-state index contributed by atoms with van der Waals surface area (Å²) in [6.45, 7) is 1.89. The van der Waals surface area contributed by atoms with Crippen LogP contribution >= 0.6 is 0 Å². The fraction of sp³-hybridized carbons (Fsp3) is 0.0588. The van der Waals surface area contributed by atoms with Gasteiger partial charge in [-0.1, -0.05) is 0 Å². The Balaban J connectivity index is 1.69. The lowest BCUT2D eigenvalue weighted by molar-refractivity contribution is 0.0697. The molecule has 2 heterocycles. The van der Waals surface area contributed by atoms with Gasteiger partial charge in [0.25, 0.3) is 0 Å². The number of nitrogens with one attached hydrogen (secondary N) is 1. The van der Waals surface area contributed by atoms with Gasteiger partial charge >= 0.3 is 5.97 Å². The fourth-order valence-corrected chi connectivity index (χ4v) is 2.48. The Kier molecular flexibility index (Phi) is 3.13. The average molecular weight is 320 g/mol. The summed E-state index contributed by atoms with van der Waals surface area (Å²) in [5.74, 6) is 0.590. The predicted octanol–water partition coefficient (Wildman–Crippen LogP) is 3.29. The van der Waals surface area contributed by atoms with Crippen LogP contribution in [0.2, 0.25) is 0 Å². The van der Waals surface area contributed by atoms with Gasteiger partial charge in [0.1, 0.15) is 5.82 Å². The highest BCUT2D eigenvalue weighted by Gasteiger charge is 2.12. The molecule has 0 saturated carbocycles. The number of carboxylic acids is 1. The van der Waals surface area contributed by atoms with E-state index < -0.39 is 5.97 Å². The number of carboxylic acid groups (broad SMARTS) is 1. The van der Waals surface area contributed by atoms with Crippen LogP contribution in [0, 0.1) is 6.92 Å². The first kappa shape index (κ1) is 14.1. The van der Waals surface area contributed by atoms with Gasteiger partial charge in [-0.25, -0.2) is 9.78 Å². The SMILES string of the molecule is Cc1nc2ccc(-c3nnc(-c4ccc(C(=O)O)cc4)o3)cc2[nH]1. The van der Waals surface area contributed by atoms with Gasteiger partial charge in [-0.3, -0.25) is 0 Å². The number of H-pyrrole nitrogens is 1. The molecule has 0 bridgehead atoms. The third-order valence-electron chi connectivity index (χ3n) is 3.65. The van der Waals surface area contributed by atoms with Crippen LogP contribution in [0.25, 0.3) is 33.9 Å². The molecule has 7 heteroatoms. The molecule has 2 N–H and O–H groups in total. The summed E-state index contributed by atoms with van der Waals surface area (Å²) >= 11 is 0. The summed E-state index contributed by atoms with van der Waals surface area (Å²) in [7, 11) is 0. The summed E-state index contributed by atoms with van der Waals surface area (Å²) in [5.41, 5.74) is 3.43. The van der Waals surface area contributed by atoms with Gasteiger partial charge < -0.3 is 14.5 Å². The van der Waals surface area contributed by atoms with Gasteiger partial charge in [-0.05, 0) is 49.4 Å². The minimum absolute atomic E-state index is 0.207. The number of nitrogens with zero attached hydrogens (tertiary/aromatic N) is 3. The van der Waals surface area contributed by atoms with Gasteiger partial charge in [0.2, 0.25) is 11.8 Å². The largest absolute Gasteiger partial charge is 0.478 e. The van der Waals surface area contributed by atoms with Crippen LogP contribution in [0.15, 0.2) is 46.9 Å². The monoisotopic (exact) mass is 320 g/mol. The molecule has 4 aromatic rings. The number of hydrogen-bond acceptors (Lipinski definition) is 5. The molecule has 0 aliphatic heterocycles. The highest BCUT2D eigenvalue weighted by molar-refractivity contribution is 5.88. The number of carbonyl (C=O) groups is 1. The molecule has 0 atom stereocenters. The number of aromatic amines is 1. The third-order valence-corrected chi connectivity index (χ3v) is 3.65. The van der Waals surface area contributed by atoms with E-state index in [2.05, 4.69) is 20.2 Å². The van der Waals surface area contributed by atoms with Crippen LogP contribution in [0.5, 0.6) is 0 Å². The molecule has 0 aliphatic rings. The van der Waals surface area contributed by atoms with Crippen molar-refractivity contribution in [1.82, 2.24) is 20.2 Å². The normalized spacial score (nSPS) is 11.0. The maximum atomic E-state index is 10.9. The van der Waals surface area contributed by atoms with Gasteiger partial charge in [-0.2, -0.15) is 0 Å². The molecular weight excluding hydrogens is 308 g/mol. The molecule has 118 valence electrons. The second kappa shape index (κ2) is 5.31. The Morgan fingerprint density at radius 2 is 1.71 bits per heavy atom. The molecule has 2 aromatic heterocycles. The van der Waals surface area contributed by atoms with E-state index in [9.17, 15) is 4.79 Å². The average Bonchev–Trinajstić information content (AvgIpc) is 3.19. The fourth-order valence-electron chi connectivity index (χ4n) is 2.48. The Labute approximate surface area is 136 Å². The van der Waals surface area contributed by atoms with Crippen molar-refractivity contribution in [2.75, 3.05) is 0 Å². The van der Waals surface area contributed by atoms with Gasteiger partial charge in [0.05, 0.1) is 16.6 Å². The van der Waals surface area contributed by atoms with Gasteiger partial charge in [-0.15, -0.1) is 10.2 Å². The van der Waals surface area contributed by atoms with E-state index in [1.165, 1.54) is 12.1 Å². The quantitative estimate of drug-likeness (QED) is 0.600. The lowest BCUT2D eigenvalue weighted by Gasteiger charge is -1.97. The van der Waals surface area contributed by atoms with Crippen LogP contribution in [0.3, 0.4) is 0 Å². The number of aryl methyl sites for hydroxylation is 1. The van der Waals surface area contributed by atoms with Crippen LogP contribution in [0.1, 0.15) is 16.2 Å². The van der Waals surface area contributed by atoms with Crippen LogP contribution in [0.4, 0.5) is 0 Å². The van der Waals surface area contributed by atoms with Gasteiger partial charge in [0, 0.05) is 11.1 Å². The predicted molar refractivity (Wildman–Crippen MR) is 86.5 cm³/mol. The van der Waals surface area contributed by atoms with E-state index in [-0.39, 0.29) is 5.56 Å². The molecule has 0 amide bonds. The smallest absolute Gasteiger partial charge is 0.335 e. The molecular formula is C17H12N4O3. The topological polar surface area (TPSA) is 105 Å². The Morgan fingerprint density at radius 1 is 1.04 bits per heavy atom. The molecule has 7 nitrogen and oxygen atoms in total. The number of aromatic carboxylic acids is 1. The zero-order chi connectivity index (χ0) is 16.7. The van der Waals surface area contributed by atoms with E-state index in [1.54, 1.807) is 12.1 Å². The molecule has 0 saturated heterocycles. The number of benzene rings is 2. The van der Waals surface area contributed by atoms with E-state index in [0.717, 1.165) is 22.4 Å². The lowest BCUT2D eigenvalue weighted by atomic mass is 10.1. The first-order chi connectivity index (χ1) is 11.6. The molecule has 0 unspecified atom stereocenters. The minimum atomic E-state index is -0.976. The Hall–Kier alpha value is -3.48. The molecule has 0 spiro atoms. The van der Waals surface area contributed by atoms with E-state index in [4.69, 9.17) is 9.52 Å². The van der Waals surface area contributed by atoms with Crippen LogP contribution in [-0.4, -0.2) is 31.2 Å². The molecule has 2 aromatic carbocycles. The molecule has 0 radical (unpaired) electrons. The molecule has 0 aliphatic carbocycles. The van der Waals surface area contributed by atoms with Crippen molar-refractivity contribution >= 4 is 17.0 Å². The van der Waals surface area contributed by atoms with Crippen molar-refractivity contribution in [1.29, 1.82) is 0 Å². The number of imidazole rings is 1. The Bertz CT molecular complexity index is 1050. The lowest BCUT2D eigenvalue weighted by Crippen LogP contribution is -1.94. The van der Waals surface area contributed by atoms with Gasteiger partial charge in [0.15, 0.2) is 0 Å². The van der Waals surface area contributed by atoms with Crippen molar-refractivity contribution in [3.63, 3.8) is 0 Å². The summed E-state index contributed by atoms with van der Waals surface area (Å²) in [5, 5.41) is 17.0. The first-order valence-electron chi connectivity index (χ1n) is 7.24. The second-order valence-corrected chi connectivity index (χ2v) is 5.35. The summed E-state index contributed by atoms with van der Waals surface area (Å²) in [6, 6.07) is 11.9. The number of fused-ring (bicyclic) bond motifs is 1. The van der Waals surface area contributed by atoms with Crippen LogP contribution in [-0.2, 0) is 0 Å². The maximum absolute atomic E-state index is 10.9. The van der Waals surface area contributed by atoms with Crippen molar-refractivity contribution in [3.05, 3.63) is 53.9 Å². The minimum Gasteiger partial charge on any atom is -0.478 e. The van der Waals surface area contributed by atoms with Crippen molar-refractivity contribution < 1.29 is 14.3 Å². The van der Waals surface area contributed by atoms with E-state index in [0.29, 0.717) is 17.3 Å². The molecule has 4 rings (SSSR count). The highest BCUT2D eigenvalue weighted by Crippen LogP contribution is 2.26.